The van der Waals surface area contributed by atoms with Gasteiger partial charge in [0.2, 0.25) is 0 Å². The Morgan fingerprint density at radius 3 is 2.34 bits per heavy atom. The van der Waals surface area contributed by atoms with E-state index in [2.05, 4.69) is 11.8 Å². The highest BCUT2D eigenvalue weighted by atomic mass is 16.5. The highest BCUT2D eigenvalue weighted by Gasteiger charge is 2.86. The second kappa shape index (κ2) is 7.12. The van der Waals surface area contributed by atoms with Crippen molar-refractivity contribution in [2.45, 2.75) is 68.7 Å². The van der Waals surface area contributed by atoms with Crippen LogP contribution in [0.4, 0.5) is 0 Å². The van der Waals surface area contributed by atoms with Crippen molar-refractivity contribution in [1.82, 2.24) is 4.90 Å². The van der Waals surface area contributed by atoms with Crippen LogP contribution in [0, 0.1) is 40.4 Å². The van der Waals surface area contributed by atoms with E-state index in [4.69, 9.17) is 18.9 Å². The molecule has 5 aliphatic carbocycles. The Hall–Kier alpha value is -0.280. The van der Waals surface area contributed by atoms with Crippen LogP contribution in [0.2, 0.25) is 0 Å². The van der Waals surface area contributed by atoms with Crippen LogP contribution >= 0.6 is 0 Å². The molecule has 6 fully saturated rings. The van der Waals surface area contributed by atoms with Crippen LogP contribution in [0.1, 0.15) is 32.6 Å². The van der Waals surface area contributed by atoms with Crippen molar-refractivity contribution in [3.8, 4) is 0 Å². The molecule has 1 aliphatic heterocycles. The van der Waals surface area contributed by atoms with Crippen molar-refractivity contribution >= 4 is 0 Å². The normalized spacial score (nSPS) is 60.1. The Kier molecular flexibility index (Phi) is 4.94. The molecule has 0 aromatic rings. The molecule has 0 aromatic carbocycles. The van der Waals surface area contributed by atoms with E-state index in [-0.39, 0.29) is 77.5 Å². The molecule has 32 heavy (non-hydrogen) atoms. The number of ether oxygens (including phenoxy) is 4. The molecule has 5 saturated carbocycles. The molecule has 1 heterocycles. The Balaban J connectivity index is 1.64. The van der Waals surface area contributed by atoms with Gasteiger partial charge in [-0.3, -0.25) is 4.90 Å². The van der Waals surface area contributed by atoms with Crippen LogP contribution in [0.3, 0.4) is 0 Å². The first-order chi connectivity index (χ1) is 15.4. The zero-order chi connectivity index (χ0) is 22.6. The molecule has 7 heteroatoms. The summed E-state index contributed by atoms with van der Waals surface area (Å²) in [6.45, 7) is 4.17. The topological polar surface area (TPSA) is 80.6 Å². The summed E-state index contributed by atoms with van der Waals surface area (Å²) < 4.78 is 24.9. The third kappa shape index (κ3) is 2.15. The van der Waals surface area contributed by atoms with E-state index in [0.29, 0.717) is 6.42 Å². The van der Waals surface area contributed by atoms with E-state index in [1.807, 2.05) is 14.2 Å². The molecule has 0 radical (unpaired) electrons. The van der Waals surface area contributed by atoms with Gasteiger partial charge >= 0.3 is 0 Å². The van der Waals surface area contributed by atoms with Gasteiger partial charge in [0.05, 0.1) is 36.6 Å². The van der Waals surface area contributed by atoms with Gasteiger partial charge in [0.25, 0.3) is 0 Å². The number of rotatable bonds is 6. The molecule has 1 saturated heterocycles. The number of aliphatic hydroxyl groups excluding tert-OH is 1. The lowest BCUT2D eigenvalue weighted by Crippen LogP contribution is -2.76. The summed E-state index contributed by atoms with van der Waals surface area (Å²) in [4.78, 5) is 2.57. The van der Waals surface area contributed by atoms with Gasteiger partial charge in [-0.2, -0.15) is 0 Å². The van der Waals surface area contributed by atoms with Crippen LogP contribution in [0.25, 0.3) is 0 Å². The molecule has 7 bridgehead atoms. The summed E-state index contributed by atoms with van der Waals surface area (Å²) in [6, 6.07) is 0.186. The van der Waals surface area contributed by atoms with Crippen molar-refractivity contribution < 1.29 is 29.2 Å². The number of fused-ring (bicyclic) bond motifs is 2. The van der Waals surface area contributed by atoms with Gasteiger partial charge in [0, 0.05) is 81.9 Å². The summed E-state index contributed by atoms with van der Waals surface area (Å²) in [5.74, 6) is 0.737. The fraction of sp³-hybridized carbons (Fsp3) is 1.00. The van der Waals surface area contributed by atoms with Crippen molar-refractivity contribution in [3.63, 3.8) is 0 Å². The average Bonchev–Trinajstić information content (AvgIpc) is 3.26. The predicted octanol–water partition coefficient (Wildman–Crippen LogP) is 1.16. The molecule has 6 rings (SSSR count). The Bertz CT molecular complexity index is 767. The van der Waals surface area contributed by atoms with Gasteiger partial charge < -0.3 is 29.2 Å². The van der Waals surface area contributed by atoms with E-state index in [0.717, 1.165) is 32.4 Å². The van der Waals surface area contributed by atoms with Crippen molar-refractivity contribution in [3.05, 3.63) is 0 Å². The lowest BCUT2D eigenvalue weighted by molar-refractivity contribution is -0.277. The second-order valence-corrected chi connectivity index (χ2v) is 11.7. The van der Waals surface area contributed by atoms with Crippen LogP contribution in [0.15, 0.2) is 0 Å². The van der Waals surface area contributed by atoms with E-state index < -0.39 is 5.60 Å². The minimum Gasteiger partial charge on any atom is -0.396 e. The zero-order valence-corrected chi connectivity index (χ0v) is 20.2. The van der Waals surface area contributed by atoms with Gasteiger partial charge in [-0.05, 0) is 31.7 Å². The fourth-order valence-electron chi connectivity index (χ4n) is 11.0. The average molecular weight is 452 g/mol. The quantitative estimate of drug-likeness (QED) is 0.627. The molecule has 0 amide bonds. The van der Waals surface area contributed by atoms with Gasteiger partial charge in [0.15, 0.2) is 0 Å². The molecule has 0 aromatic heterocycles. The van der Waals surface area contributed by atoms with Crippen molar-refractivity contribution in [2.24, 2.45) is 40.4 Å². The molecule has 2 N–H and O–H groups in total. The number of aliphatic hydroxyl groups is 2. The lowest BCUT2D eigenvalue weighted by Gasteiger charge is -2.69. The second-order valence-electron chi connectivity index (χ2n) is 11.7. The highest BCUT2D eigenvalue weighted by molar-refractivity contribution is 5.35. The minimum absolute atomic E-state index is 0.0124. The molecular weight excluding hydrogens is 410 g/mol. The van der Waals surface area contributed by atoms with Gasteiger partial charge in [-0.25, -0.2) is 0 Å². The van der Waals surface area contributed by atoms with Gasteiger partial charge in [-0.1, -0.05) is 6.92 Å². The zero-order valence-electron chi connectivity index (χ0n) is 20.2. The number of hydrogen-bond donors (Lipinski definition) is 2. The Labute approximate surface area is 191 Å². The summed E-state index contributed by atoms with van der Waals surface area (Å²) in [5, 5.41) is 23.6. The molecule has 182 valence electrons. The maximum absolute atomic E-state index is 12.7. The van der Waals surface area contributed by atoms with E-state index in [1.165, 1.54) is 0 Å². The molecular formula is C25H41NO6. The maximum atomic E-state index is 12.7. The van der Waals surface area contributed by atoms with Crippen LogP contribution in [-0.2, 0) is 18.9 Å². The number of likely N-dealkylation sites (tertiary alicyclic amines) is 1. The first kappa shape index (κ1) is 22.2. The molecule has 4 unspecified atom stereocenters. The smallest absolute Gasteiger partial charge is 0.0796 e. The summed E-state index contributed by atoms with van der Waals surface area (Å²) in [6.07, 6.45) is 3.49. The molecule has 1 spiro atoms. The van der Waals surface area contributed by atoms with E-state index >= 15 is 0 Å². The number of piperidine rings is 1. The molecule has 13 atom stereocenters. The first-order valence-electron chi connectivity index (χ1n) is 12.6. The van der Waals surface area contributed by atoms with Gasteiger partial charge in [-0.15, -0.1) is 0 Å². The lowest BCUT2D eigenvalue weighted by atomic mass is 9.43. The molecule has 6 aliphatic rings. The van der Waals surface area contributed by atoms with E-state index in [1.54, 1.807) is 14.2 Å². The van der Waals surface area contributed by atoms with Crippen molar-refractivity contribution in [2.75, 3.05) is 48.1 Å². The van der Waals surface area contributed by atoms with Gasteiger partial charge in [0.1, 0.15) is 0 Å². The SMILES string of the molecule is CCN1C[C@]2(CO)CC[C@H](OC)[C@@]34C5C[C@H]6[C@H](OC)C5[C@](O)(C[C@H]6OC)[C@@H](C(OC)C23)[C@@H]14. The van der Waals surface area contributed by atoms with Crippen LogP contribution in [-0.4, -0.2) is 99.3 Å². The predicted molar refractivity (Wildman–Crippen MR) is 117 cm³/mol. The fourth-order valence-corrected chi connectivity index (χ4v) is 11.0. The highest BCUT2D eigenvalue weighted by Crippen LogP contribution is 2.79. The summed E-state index contributed by atoms with van der Waals surface area (Å²) >= 11 is 0. The van der Waals surface area contributed by atoms with Crippen LogP contribution in [0.5, 0.6) is 0 Å². The van der Waals surface area contributed by atoms with Crippen molar-refractivity contribution in [1.29, 1.82) is 0 Å². The largest absolute Gasteiger partial charge is 0.396 e. The summed E-state index contributed by atoms with van der Waals surface area (Å²) in [7, 11) is 7.24. The maximum Gasteiger partial charge on any atom is 0.0796 e. The number of nitrogens with zero attached hydrogens (tertiary/aromatic N) is 1. The molecule has 7 nitrogen and oxygen atoms in total. The Morgan fingerprint density at radius 1 is 1.00 bits per heavy atom. The third-order valence-electron chi connectivity index (χ3n) is 11.5. The van der Waals surface area contributed by atoms with Crippen LogP contribution < -0.4 is 0 Å². The minimum atomic E-state index is -0.912. The standard InChI is InChI=1S/C25H41NO6/c1-6-26-11-23(12-27)8-7-16(30-3)25-14-9-13-15(29-2)10-24(28,17(14)19(13)31-4)18(22(25)26)20(32-5)21(23)25/h13-22,27-28H,6-12H2,1-5H3/t13-,14?,15-,16+,17?,18+,19+,20?,21?,22-,23+,24-,25+/m1/s1. The summed E-state index contributed by atoms with van der Waals surface area (Å²) in [5.41, 5.74) is -1.28. The third-order valence-corrected chi connectivity index (χ3v) is 11.5. The first-order valence-corrected chi connectivity index (χ1v) is 12.6. The number of methoxy groups -OCH3 is 4. The number of hydrogen-bond acceptors (Lipinski definition) is 7. The Morgan fingerprint density at radius 2 is 1.75 bits per heavy atom. The monoisotopic (exact) mass is 451 g/mol. The van der Waals surface area contributed by atoms with E-state index in [9.17, 15) is 10.2 Å².